The second-order valence-corrected chi connectivity index (χ2v) is 6.09. The van der Waals surface area contributed by atoms with E-state index in [4.69, 9.17) is 0 Å². The first-order valence-electron chi connectivity index (χ1n) is 8.19. The molecule has 0 saturated carbocycles. The molecule has 4 nitrogen and oxygen atoms in total. The van der Waals surface area contributed by atoms with Crippen LogP contribution in [0.2, 0.25) is 0 Å². The summed E-state index contributed by atoms with van der Waals surface area (Å²) in [4.78, 5) is 18.4. The number of nitrogens with one attached hydrogen (secondary N) is 1. The van der Waals surface area contributed by atoms with E-state index in [2.05, 4.69) is 22.4 Å². The average molecular weight is 331 g/mol. The fourth-order valence-corrected chi connectivity index (χ4v) is 2.56. The highest BCUT2D eigenvalue weighted by atomic mass is 16.1. The molecule has 0 aliphatic carbocycles. The van der Waals surface area contributed by atoms with Crippen molar-refractivity contribution in [2.24, 2.45) is 0 Å². The Balaban J connectivity index is 1.61. The van der Waals surface area contributed by atoms with Crippen LogP contribution in [0.15, 0.2) is 72.9 Å². The zero-order valence-corrected chi connectivity index (χ0v) is 14.4. The molecule has 2 aromatic carbocycles. The van der Waals surface area contributed by atoms with Crippen molar-refractivity contribution in [1.82, 2.24) is 4.98 Å². The van der Waals surface area contributed by atoms with Gasteiger partial charge in [-0.1, -0.05) is 54.6 Å². The lowest BCUT2D eigenvalue weighted by molar-refractivity contribution is -0.115. The summed E-state index contributed by atoms with van der Waals surface area (Å²) in [7, 11) is 3.86. The number of benzene rings is 2. The van der Waals surface area contributed by atoms with E-state index in [0.29, 0.717) is 12.1 Å². The van der Waals surface area contributed by atoms with E-state index in [1.165, 1.54) is 5.56 Å². The molecular formula is C21H21N3O. The van der Waals surface area contributed by atoms with Crippen LogP contribution in [0.5, 0.6) is 0 Å². The predicted octanol–water partition coefficient (Wildman–Crippen LogP) is 4.00. The molecule has 1 aromatic heterocycles. The Morgan fingerprint density at radius 1 is 0.920 bits per heavy atom. The Bertz CT molecular complexity index is 825. The zero-order chi connectivity index (χ0) is 17.6. The van der Waals surface area contributed by atoms with E-state index < -0.39 is 0 Å². The average Bonchev–Trinajstić information content (AvgIpc) is 2.63. The maximum Gasteiger partial charge on any atom is 0.228 e. The van der Waals surface area contributed by atoms with Crippen LogP contribution in [0.1, 0.15) is 5.56 Å². The number of pyridine rings is 1. The molecule has 25 heavy (non-hydrogen) atoms. The summed E-state index contributed by atoms with van der Waals surface area (Å²) < 4.78 is 0. The van der Waals surface area contributed by atoms with Gasteiger partial charge in [0.2, 0.25) is 5.91 Å². The summed E-state index contributed by atoms with van der Waals surface area (Å²) in [6, 6.07) is 22.0. The third-order valence-electron chi connectivity index (χ3n) is 3.92. The van der Waals surface area contributed by atoms with Crippen LogP contribution in [-0.2, 0) is 11.2 Å². The first kappa shape index (κ1) is 16.7. The molecule has 3 aromatic rings. The number of carbonyl (C=O) groups excluding carboxylic acids is 1. The Labute approximate surface area is 148 Å². The minimum absolute atomic E-state index is 0.0492. The highest BCUT2D eigenvalue weighted by Gasteiger charge is 2.06. The quantitative estimate of drug-likeness (QED) is 0.769. The highest BCUT2D eigenvalue weighted by Crippen LogP contribution is 2.19. The lowest BCUT2D eigenvalue weighted by atomic mass is 10.0. The molecule has 0 saturated heterocycles. The summed E-state index contributed by atoms with van der Waals surface area (Å²) in [5.74, 6) is 0.807. The van der Waals surface area contributed by atoms with Gasteiger partial charge in [0, 0.05) is 14.1 Å². The molecule has 0 spiro atoms. The molecule has 0 unspecified atom stereocenters. The molecule has 0 radical (unpaired) electrons. The summed E-state index contributed by atoms with van der Waals surface area (Å²) in [6.07, 6.45) is 2.01. The van der Waals surface area contributed by atoms with Crippen molar-refractivity contribution in [1.29, 1.82) is 0 Å². The molecule has 4 heteroatoms. The van der Waals surface area contributed by atoms with E-state index in [-0.39, 0.29) is 5.91 Å². The topological polar surface area (TPSA) is 45.2 Å². The van der Waals surface area contributed by atoms with Crippen LogP contribution in [0.3, 0.4) is 0 Å². The van der Waals surface area contributed by atoms with Crippen molar-refractivity contribution in [3.63, 3.8) is 0 Å². The Morgan fingerprint density at radius 3 is 2.20 bits per heavy atom. The normalized spacial score (nSPS) is 10.3. The fourth-order valence-electron chi connectivity index (χ4n) is 2.56. The van der Waals surface area contributed by atoms with Crippen LogP contribution in [-0.4, -0.2) is 25.0 Å². The molecule has 0 fully saturated rings. The van der Waals surface area contributed by atoms with E-state index in [0.717, 1.165) is 16.9 Å². The van der Waals surface area contributed by atoms with Gasteiger partial charge in [-0.25, -0.2) is 4.98 Å². The molecule has 0 atom stereocenters. The number of carbonyl (C=O) groups is 1. The molecule has 126 valence electrons. The van der Waals surface area contributed by atoms with Crippen LogP contribution in [0.25, 0.3) is 11.1 Å². The number of hydrogen-bond acceptors (Lipinski definition) is 3. The van der Waals surface area contributed by atoms with Gasteiger partial charge in [0.05, 0.1) is 18.3 Å². The van der Waals surface area contributed by atoms with Gasteiger partial charge in [-0.2, -0.15) is 0 Å². The van der Waals surface area contributed by atoms with Gasteiger partial charge in [-0.15, -0.1) is 0 Å². The van der Waals surface area contributed by atoms with Crippen molar-refractivity contribution in [3.05, 3.63) is 78.5 Å². The van der Waals surface area contributed by atoms with E-state index in [9.17, 15) is 4.79 Å². The maximum atomic E-state index is 12.2. The van der Waals surface area contributed by atoms with E-state index in [1.807, 2.05) is 73.6 Å². The van der Waals surface area contributed by atoms with Crippen molar-refractivity contribution < 1.29 is 4.79 Å². The number of aromatic nitrogens is 1. The predicted molar refractivity (Wildman–Crippen MR) is 103 cm³/mol. The highest BCUT2D eigenvalue weighted by molar-refractivity contribution is 5.92. The lowest BCUT2D eigenvalue weighted by Crippen LogP contribution is -2.15. The first-order chi connectivity index (χ1) is 12.1. The smallest absolute Gasteiger partial charge is 0.228 e. The monoisotopic (exact) mass is 331 g/mol. The van der Waals surface area contributed by atoms with Crippen molar-refractivity contribution in [3.8, 4) is 11.1 Å². The number of amides is 1. The van der Waals surface area contributed by atoms with E-state index in [1.54, 1.807) is 6.20 Å². The molecular weight excluding hydrogens is 310 g/mol. The van der Waals surface area contributed by atoms with Gasteiger partial charge in [0.25, 0.3) is 0 Å². The number of anilines is 2. The van der Waals surface area contributed by atoms with Crippen molar-refractivity contribution in [2.45, 2.75) is 6.42 Å². The van der Waals surface area contributed by atoms with Crippen LogP contribution < -0.4 is 10.2 Å². The van der Waals surface area contributed by atoms with Crippen LogP contribution in [0, 0.1) is 0 Å². The Morgan fingerprint density at radius 2 is 1.60 bits per heavy atom. The second-order valence-electron chi connectivity index (χ2n) is 6.09. The van der Waals surface area contributed by atoms with Gasteiger partial charge >= 0.3 is 0 Å². The maximum absolute atomic E-state index is 12.2. The third-order valence-corrected chi connectivity index (χ3v) is 3.92. The Hall–Kier alpha value is -3.14. The summed E-state index contributed by atoms with van der Waals surface area (Å²) in [5, 5.41) is 2.88. The molecule has 0 bridgehead atoms. The molecule has 1 N–H and O–H groups in total. The fraction of sp³-hybridized carbons (Fsp3) is 0.143. The van der Waals surface area contributed by atoms with Gasteiger partial charge in [0.15, 0.2) is 0 Å². The van der Waals surface area contributed by atoms with Gasteiger partial charge < -0.3 is 10.2 Å². The van der Waals surface area contributed by atoms with Crippen molar-refractivity contribution in [2.75, 3.05) is 24.3 Å². The SMILES string of the molecule is CN(C)c1ccc(NC(=O)Cc2ccc(-c3ccccc3)cc2)cn1. The third kappa shape index (κ3) is 4.44. The Kier molecular flexibility index (Phi) is 5.09. The minimum Gasteiger partial charge on any atom is -0.363 e. The molecule has 0 aliphatic heterocycles. The summed E-state index contributed by atoms with van der Waals surface area (Å²) in [6.45, 7) is 0. The van der Waals surface area contributed by atoms with Gasteiger partial charge in [0.1, 0.15) is 5.82 Å². The number of rotatable bonds is 5. The van der Waals surface area contributed by atoms with Crippen LogP contribution in [0.4, 0.5) is 11.5 Å². The number of hydrogen-bond donors (Lipinski definition) is 1. The first-order valence-corrected chi connectivity index (χ1v) is 8.19. The summed E-state index contributed by atoms with van der Waals surface area (Å²) >= 11 is 0. The minimum atomic E-state index is -0.0492. The second kappa shape index (κ2) is 7.62. The van der Waals surface area contributed by atoms with E-state index >= 15 is 0 Å². The standard InChI is InChI=1S/C21H21N3O/c1-24(2)20-13-12-19(15-22-20)23-21(25)14-16-8-10-18(11-9-16)17-6-4-3-5-7-17/h3-13,15H,14H2,1-2H3,(H,23,25). The lowest BCUT2D eigenvalue weighted by Gasteiger charge is -2.11. The molecule has 0 aliphatic rings. The number of nitrogens with zero attached hydrogens (tertiary/aromatic N) is 2. The van der Waals surface area contributed by atoms with Crippen molar-refractivity contribution >= 4 is 17.4 Å². The largest absolute Gasteiger partial charge is 0.363 e. The van der Waals surface area contributed by atoms with Crippen LogP contribution >= 0.6 is 0 Å². The zero-order valence-electron chi connectivity index (χ0n) is 14.4. The molecule has 3 rings (SSSR count). The van der Waals surface area contributed by atoms with Gasteiger partial charge in [-0.3, -0.25) is 4.79 Å². The van der Waals surface area contributed by atoms with Gasteiger partial charge in [-0.05, 0) is 28.8 Å². The summed E-state index contributed by atoms with van der Waals surface area (Å²) in [5.41, 5.74) is 4.00. The molecule has 1 amide bonds. The molecule has 1 heterocycles.